The molecule has 1 fully saturated rings. The lowest BCUT2D eigenvalue weighted by Crippen LogP contribution is -2.48. The van der Waals surface area contributed by atoms with Crippen LogP contribution in [-0.2, 0) is 4.79 Å². The van der Waals surface area contributed by atoms with E-state index in [0.29, 0.717) is 25.2 Å². The Morgan fingerprint density at radius 1 is 1.20 bits per heavy atom. The first-order valence-electron chi connectivity index (χ1n) is 10.1. The van der Waals surface area contributed by atoms with Crippen LogP contribution in [0.15, 0.2) is 36.5 Å². The van der Waals surface area contributed by atoms with Crippen molar-refractivity contribution in [2.45, 2.75) is 38.6 Å². The lowest BCUT2D eigenvalue weighted by atomic mass is 10.0. The number of nitrogens with one attached hydrogen (secondary N) is 1. The summed E-state index contributed by atoms with van der Waals surface area (Å²) in [5, 5.41) is 2.77. The molecule has 1 saturated heterocycles. The summed E-state index contributed by atoms with van der Waals surface area (Å²) in [4.78, 5) is 32.2. The Balaban J connectivity index is 1.57. The maximum atomic E-state index is 13.9. The van der Waals surface area contributed by atoms with Crippen molar-refractivity contribution in [2.75, 3.05) is 25.5 Å². The number of pyridine rings is 1. The molecular weight excluding hydrogens is 390 g/mol. The van der Waals surface area contributed by atoms with E-state index < -0.39 is 11.6 Å². The fourth-order valence-corrected chi connectivity index (χ4v) is 3.57. The molecule has 0 bridgehead atoms. The number of nitrogens with zero attached hydrogens (tertiary/aromatic N) is 3. The van der Waals surface area contributed by atoms with E-state index >= 15 is 0 Å². The van der Waals surface area contributed by atoms with Crippen LogP contribution in [0, 0.1) is 11.6 Å². The number of carbonyl (C=O) groups is 2. The molecule has 0 aliphatic carbocycles. The third-order valence-electron chi connectivity index (χ3n) is 5.37. The molecule has 0 atom stereocenters. The number of rotatable bonds is 5. The monoisotopic (exact) mass is 416 g/mol. The highest BCUT2D eigenvalue weighted by Crippen LogP contribution is 2.23. The highest BCUT2D eigenvalue weighted by Gasteiger charge is 2.27. The Morgan fingerprint density at radius 3 is 2.57 bits per heavy atom. The first-order valence-corrected chi connectivity index (χ1v) is 10.1. The van der Waals surface area contributed by atoms with Crippen molar-refractivity contribution >= 4 is 17.6 Å². The van der Waals surface area contributed by atoms with Gasteiger partial charge in [0.1, 0.15) is 11.6 Å². The number of anilines is 1. The molecule has 3 rings (SSSR count). The molecule has 6 nitrogen and oxygen atoms in total. The summed E-state index contributed by atoms with van der Waals surface area (Å²) in [6.45, 7) is 3.28. The number of benzene rings is 1. The van der Waals surface area contributed by atoms with Crippen LogP contribution in [-0.4, -0.2) is 52.9 Å². The molecule has 160 valence electrons. The SMILES string of the molecule is CCCC(=O)N1CCC(N(C)C(=O)Nc2ccc(-c3cc(F)ccc3F)nc2)CC1. The van der Waals surface area contributed by atoms with Gasteiger partial charge >= 0.3 is 6.03 Å². The Kier molecular flexibility index (Phi) is 6.97. The highest BCUT2D eigenvalue weighted by molar-refractivity contribution is 5.89. The zero-order chi connectivity index (χ0) is 21.7. The van der Waals surface area contributed by atoms with E-state index in [1.165, 1.54) is 12.3 Å². The number of amides is 3. The summed E-state index contributed by atoms with van der Waals surface area (Å²) in [6.07, 6.45) is 4.27. The van der Waals surface area contributed by atoms with Crippen molar-refractivity contribution in [1.82, 2.24) is 14.8 Å². The van der Waals surface area contributed by atoms with Gasteiger partial charge < -0.3 is 15.1 Å². The second kappa shape index (κ2) is 9.65. The minimum absolute atomic E-state index is 0.0456. The molecule has 0 spiro atoms. The molecule has 0 saturated carbocycles. The van der Waals surface area contributed by atoms with Crippen LogP contribution in [0.4, 0.5) is 19.3 Å². The molecule has 1 aromatic heterocycles. The van der Waals surface area contributed by atoms with E-state index in [2.05, 4.69) is 10.3 Å². The van der Waals surface area contributed by atoms with E-state index in [1.807, 2.05) is 11.8 Å². The molecule has 1 aliphatic rings. The summed E-state index contributed by atoms with van der Waals surface area (Å²) in [7, 11) is 1.73. The fraction of sp³-hybridized carbons (Fsp3) is 0.409. The van der Waals surface area contributed by atoms with E-state index in [0.717, 1.165) is 37.5 Å². The maximum Gasteiger partial charge on any atom is 0.321 e. The van der Waals surface area contributed by atoms with Crippen molar-refractivity contribution in [2.24, 2.45) is 0 Å². The van der Waals surface area contributed by atoms with Crippen molar-refractivity contribution in [3.05, 3.63) is 48.2 Å². The third kappa shape index (κ3) is 5.11. The minimum Gasteiger partial charge on any atom is -0.343 e. The Hall–Kier alpha value is -3.03. The molecule has 3 amide bonds. The number of likely N-dealkylation sites (tertiary alicyclic amines) is 1. The van der Waals surface area contributed by atoms with E-state index in [-0.39, 0.29) is 29.2 Å². The predicted molar refractivity (Wildman–Crippen MR) is 111 cm³/mol. The standard InChI is InChI=1S/C22H26F2N4O2/c1-3-4-21(29)28-11-9-17(10-12-28)27(2)22(30)26-16-6-8-20(25-14-16)18-13-15(23)5-7-19(18)24/h5-8,13-14,17H,3-4,9-12H2,1-2H3,(H,26,30). The van der Waals surface area contributed by atoms with Gasteiger partial charge in [-0.05, 0) is 49.6 Å². The number of hydrogen-bond acceptors (Lipinski definition) is 3. The molecule has 1 aliphatic heterocycles. The second-order valence-electron chi connectivity index (χ2n) is 7.46. The van der Waals surface area contributed by atoms with Crippen LogP contribution in [0.1, 0.15) is 32.6 Å². The molecule has 0 radical (unpaired) electrons. The van der Waals surface area contributed by atoms with E-state index in [4.69, 9.17) is 0 Å². The van der Waals surface area contributed by atoms with Crippen molar-refractivity contribution in [3.63, 3.8) is 0 Å². The summed E-state index contributed by atoms with van der Waals surface area (Å²) in [6, 6.07) is 6.09. The number of piperidine rings is 1. The van der Waals surface area contributed by atoms with Gasteiger partial charge in [-0.15, -0.1) is 0 Å². The van der Waals surface area contributed by atoms with Gasteiger partial charge in [-0.2, -0.15) is 0 Å². The maximum absolute atomic E-state index is 13.9. The molecule has 1 N–H and O–H groups in total. The summed E-state index contributed by atoms with van der Waals surface area (Å²) in [5.41, 5.74) is 0.805. The Labute approximate surface area is 174 Å². The first kappa shape index (κ1) is 21.7. The average Bonchev–Trinajstić information content (AvgIpc) is 2.76. The number of hydrogen-bond donors (Lipinski definition) is 1. The topological polar surface area (TPSA) is 65.5 Å². The van der Waals surface area contributed by atoms with Gasteiger partial charge in [-0.25, -0.2) is 13.6 Å². The number of halogens is 2. The van der Waals surface area contributed by atoms with Gasteiger partial charge in [0, 0.05) is 38.2 Å². The van der Waals surface area contributed by atoms with Crippen LogP contribution in [0.3, 0.4) is 0 Å². The Morgan fingerprint density at radius 2 is 1.93 bits per heavy atom. The van der Waals surface area contributed by atoms with Crippen LogP contribution in [0.5, 0.6) is 0 Å². The van der Waals surface area contributed by atoms with Crippen LogP contribution < -0.4 is 5.32 Å². The predicted octanol–water partition coefficient (Wildman–Crippen LogP) is 4.28. The molecule has 1 aromatic carbocycles. The molecular formula is C22H26F2N4O2. The summed E-state index contributed by atoms with van der Waals surface area (Å²) in [5.74, 6) is -0.942. The van der Waals surface area contributed by atoms with Gasteiger partial charge in [0.15, 0.2) is 0 Å². The first-order chi connectivity index (χ1) is 14.4. The lowest BCUT2D eigenvalue weighted by Gasteiger charge is -2.36. The number of aromatic nitrogens is 1. The minimum atomic E-state index is -0.566. The van der Waals surface area contributed by atoms with Crippen LogP contribution in [0.2, 0.25) is 0 Å². The van der Waals surface area contributed by atoms with Gasteiger partial charge in [-0.1, -0.05) is 6.92 Å². The molecule has 2 heterocycles. The number of urea groups is 1. The van der Waals surface area contributed by atoms with Gasteiger partial charge in [0.25, 0.3) is 0 Å². The van der Waals surface area contributed by atoms with Gasteiger partial charge in [0.05, 0.1) is 17.6 Å². The van der Waals surface area contributed by atoms with Crippen molar-refractivity contribution in [3.8, 4) is 11.3 Å². The van der Waals surface area contributed by atoms with Crippen molar-refractivity contribution in [1.29, 1.82) is 0 Å². The fourth-order valence-electron chi connectivity index (χ4n) is 3.57. The third-order valence-corrected chi connectivity index (χ3v) is 5.37. The van der Waals surface area contributed by atoms with Gasteiger partial charge in [0.2, 0.25) is 5.91 Å². The summed E-state index contributed by atoms with van der Waals surface area (Å²) >= 11 is 0. The zero-order valence-corrected chi connectivity index (χ0v) is 17.2. The van der Waals surface area contributed by atoms with Gasteiger partial charge in [-0.3, -0.25) is 9.78 Å². The van der Waals surface area contributed by atoms with Crippen molar-refractivity contribution < 1.29 is 18.4 Å². The summed E-state index contributed by atoms with van der Waals surface area (Å²) < 4.78 is 27.3. The highest BCUT2D eigenvalue weighted by atomic mass is 19.1. The van der Waals surface area contributed by atoms with E-state index in [9.17, 15) is 18.4 Å². The normalized spacial score (nSPS) is 14.5. The largest absolute Gasteiger partial charge is 0.343 e. The van der Waals surface area contributed by atoms with E-state index in [1.54, 1.807) is 18.0 Å². The number of carbonyl (C=O) groups excluding carboxylic acids is 2. The zero-order valence-electron chi connectivity index (χ0n) is 17.2. The molecule has 8 heteroatoms. The average molecular weight is 416 g/mol. The molecule has 2 aromatic rings. The Bertz CT molecular complexity index is 897. The quantitative estimate of drug-likeness (QED) is 0.791. The second-order valence-corrected chi connectivity index (χ2v) is 7.46. The smallest absolute Gasteiger partial charge is 0.321 e. The lowest BCUT2D eigenvalue weighted by molar-refractivity contribution is -0.132. The van der Waals surface area contributed by atoms with Crippen LogP contribution >= 0.6 is 0 Å². The molecule has 0 unspecified atom stereocenters. The van der Waals surface area contributed by atoms with Crippen LogP contribution in [0.25, 0.3) is 11.3 Å². The molecule has 30 heavy (non-hydrogen) atoms.